The fourth-order valence-electron chi connectivity index (χ4n) is 2.65. The number of hydrogen-bond acceptors (Lipinski definition) is 6. The van der Waals surface area contributed by atoms with Crippen LogP contribution in [0.3, 0.4) is 0 Å². The molecule has 1 heterocycles. The summed E-state index contributed by atoms with van der Waals surface area (Å²) in [5, 5.41) is 3.08. The first kappa shape index (κ1) is 20.5. The monoisotopic (exact) mass is 411 g/mol. The largest absolute Gasteiger partial charge is 0.493 e. The highest BCUT2D eigenvalue weighted by molar-refractivity contribution is 7.99. The molecule has 150 valence electrons. The molecule has 0 aliphatic carbocycles. The molecule has 0 aliphatic rings. The number of ether oxygens (including phenoxy) is 2. The molecule has 8 heteroatoms. The zero-order valence-electron chi connectivity index (χ0n) is 16.1. The molecule has 0 bridgehead atoms. The number of carbonyl (C=O) groups is 1. The van der Waals surface area contributed by atoms with Crippen LogP contribution >= 0.6 is 11.8 Å². The first-order valence-electron chi connectivity index (χ1n) is 8.86. The molecule has 0 atom stereocenters. The smallest absolute Gasteiger partial charge is 0.287 e. The summed E-state index contributed by atoms with van der Waals surface area (Å²) < 4.78 is 12.0. The van der Waals surface area contributed by atoms with Crippen LogP contribution in [-0.2, 0) is 11.3 Å². The third-order valence-corrected chi connectivity index (χ3v) is 5.09. The quantitative estimate of drug-likeness (QED) is 0.574. The number of nitrogens with one attached hydrogen (secondary N) is 1. The van der Waals surface area contributed by atoms with Crippen molar-refractivity contribution in [1.82, 2.24) is 14.9 Å². The van der Waals surface area contributed by atoms with Gasteiger partial charge in [0.05, 0.1) is 25.7 Å². The highest BCUT2D eigenvalue weighted by Crippen LogP contribution is 2.28. The van der Waals surface area contributed by atoms with Crippen molar-refractivity contribution in [1.29, 1.82) is 0 Å². The van der Waals surface area contributed by atoms with Crippen LogP contribution < -0.4 is 20.3 Å². The molecule has 0 saturated heterocycles. The molecule has 1 aromatic heterocycles. The van der Waals surface area contributed by atoms with Crippen LogP contribution in [0, 0.1) is 0 Å². The van der Waals surface area contributed by atoms with Crippen molar-refractivity contribution < 1.29 is 14.3 Å². The Morgan fingerprint density at radius 1 is 1.10 bits per heavy atom. The maximum absolute atomic E-state index is 12.8. The van der Waals surface area contributed by atoms with Crippen molar-refractivity contribution in [3.63, 3.8) is 0 Å². The number of benzene rings is 2. The Balaban J connectivity index is 1.69. The van der Waals surface area contributed by atoms with Gasteiger partial charge in [-0.25, -0.2) is 4.98 Å². The summed E-state index contributed by atoms with van der Waals surface area (Å²) in [5.41, 5.74) is 1.32. The molecule has 0 fully saturated rings. The van der Waals surface area contributed by atoms with Crippen LogP contribution in [0.1, 0.15) is 5.56 Å². The van der Waals surface area contributed by atoms with Gasteiger partial charge in [-0.05, 0) is 17.7 Å². The first-order chi connectivity index (χ1) is 14.1. The zero-order chi connectivity index (χ0) is 20.6. The minimum atomic E-state index is -0.305. The zero-order valence-corrected chi connectivity index (χ0v) is 16.9. The molecule has 0 unspecified atom stereocenters. The lowest BCUT2D eigenvalue weighted by atomic mass is 10.2. The van der Waals surface area contributed by atoms with Crippen molar-refractivity contribution in [3.05, 3.63) is 76.8 Å². The second-order valence-electron chi connectivity index (χ2n) is 6.00. The Morgan fingerprint density at radius 3 is 2.59 bits per heavy atom. The van der Waals surface area contributed by atoms with E-state index >= 15 is 0 Å². The number of nitrogens with zero attached hydrogens (tertiary/aromatic N) is 2. The van der Waals surface area contributed by atoms with Gasteiger partial charge in [0, 0.05) is 25.0 Å². The fraction of sp³-hybridized carbons (Fsp3) is 0.190. The Bertz CT molecular complexity index is 1040. The molecule has 0 aliphatic heterocycles. The summed E-state index contributed by atoms with van der Waals surface area (Å²) in [5.74, 6) is 1.03. The molecular weight excluding hydrogens is 390 g/mol. The van der Waals surface area contributed by atoms with Crippen molar-refractivity contribution in [2.45, 2.75) is 11.6 Å². The van der Waals surface area contributed by atoms with E-state index in [4.69, 9.17) is 9.47 Å². The van der Waals surface area contributed by atoms with Gasteiger partial charge in [-0.15, -0.1) is 0 Å². The lowest BCUT2D eigenvalue weighted by molar-refractivity contribution is -0.118. The first-order valence-corrected chi connectivity index (χ1v) is 9.84. The van der Waals surface area contributed by atoms with Gasteiger partial charge >= 0.3 is 0 Å². The maximum Gasteiger partial charge on any atom is 0.287 e. The Kier molecular flexibility index (Phi) is 6.91. The molecule has 0 saturated carbocycles. The summed E-state index contributed by atoms with van der Waals surface area (Å²) in [6, 6.07) is 14.8. The second-order valence-corrected chi connectivity index (χ2v) is 6.96. The number of hydrogen-bond donors (Lipinski definition) is 1. The van der Waals surface area contributed by atoms with Gasteiger partial charge in [-0.1, -0.05) is 42.1 Å². The molecule has 1 N–H and O–H groups in total. The van der Waals surface area contributed by atoms with E-state index in [2.05, 4.69) is 10.3 Å². The summed E-state index contributed by atoms with van der Waals surface area (Å²) in [4.78, 5) is 29.0. The molecule has 0 spiro atoms. The van der Waals surface area contributed by atoms with E-state index in [1.807, 2.05) is 30.3 Å². The molecule has 0 radical (unpaired) electrons. The van der Waals surface area contributed by atoms with Gasteiger partial charge in [0.15, 0.2) is 16.5 Å². The van der Waals surface area contributed by atoms with Crippen LogP contribution in [0.2, 0.25) is 0 Å². The fourth-order valence-corrected chi connectivity index (χ4v) is 3.38. The average Bonchev–Trinajstić information content (AvgIpc) is 2.77. The highest BCUT2D eigenvalue weighted by atomic mass is 32.2. The molecule has 3 aromatic rings. The van der Waals surface area contributed by atoms with Gasteiger partial charge in [0.25, 0.3) is 5.56 Å². The van der Waals surface area contributed by atoms with E-state index in [9.17, 15) is 9.59 Å². The van der Waals surface area contributed by atoms with Crippen LogP contribution in [0.15, 0.2) is 70.7 Å². The Morgan fingerprint density at radius 2 is 1.86 bits per heavy atom. The topological polar surface area (TPSA) is 82.5 Å². The summed E-state index contributed by atoms with van der Waals surface area (Å²) >= 11 is 1.10. The molecule has 2 aromatic carbocycles. The van der Waals surface area contributed by atoms with Crippen LogP contribution in [-0.4, -0.2) is 35.4 Å². The third kappa shape index (κ3) is 5.17. The lowest BCUT2D eigenvalue weighted by Crippen LogP contribution is -2.26. The summed E-state index contributed by atoms with van der Waals surface area (Å²) in [6.45, 7) is 0.443. The maximum atomic E-state index is 12.8. The molecular formula is C21H21N3O4S. The molecule has 7 nitrogen and oxygen atoms in total. The predicted octanol–water partition coefficient (Wildman–Crippen LogP) is 2.66. The second kappa shape index (κ2) is 9.79. The van der Waals surface area contributed by atoms with Crippen molar-refractivity contribution in [2.24, 2.45) is 0 Å². The number of thioether (sulfide) groups is 1. The van der Waals surface area contributed by atoms with Crippen molar-refractivity contribution in [2.75, 3.05) is 20.0 Å². The van der Waals surface area contributed by atoms with E-state index in [0.29, 0.717) is 23.7 Å². The van der Waals surface area contributed by atoms with Crippen LogP contribution in [0.25, 0.3) is 5.69 Å². The minimum absolute atomic E-state index is 0.102. The van der Waals surface area contributed by atoms with E-state index in [0.717, 1.165) is 17.3 Å². The predicted molar refractivity (Wildman–Crippen MR) is 112 cm³/mol. The van der Waals surface area contributed by atoms with Gasteiger partial charge in [-0.3, -0.25) is 14.2 Å². The molecule has 3 rings (SSSR count). The number of amides is 1. The van der Waals surface area contributed by atoms with Gasteiger partial charge < -0.3 is 14.8 Å². The lowest BCUT2D eigenvalue weighted by Gasteiger charge is -2.11. The minimum Gasteiger partial charge on any atom is -0.493 e. The average molecular weight is 411 g/mol. The van der Waals surface area contributed by atoms with E-state index in [1.54, 1.807) is 31.5 Å². The Hall–Kier alpha value is -3.26. The number of methoxy groups -OCH3 is 2. The number of aromatic nitrogens is 2. The normalized spacial score (nSPS) is 10.4. The van der Waals surface area contributed by atoms with Gasteiger partial charge in [-0.2, -0.15) is 0 Å². The van der Waals surface area contributed by atoms with Gasteiger partial charge in [0.2, 0.25) is 5.91 Å². The Labute approximate surface area is 172 Å². The van der Waals surface area contributed by atoms with Crippen molar-refractivity contribution in [3.8, 4) is 17.2 Å². The summed E-state index contributed by atoms with van der Waals surface area (Å²) in [7, 11) is 3.08. The van der Waals surface area contributed by atoms with Crippen LogP contribution in [0.5, 0.6) is 11.5 Å². The number of carbonyl (C=O) groups excluding carboxylic acids is 1. The van der Waals surface area contributed by atoms with E-state index in [-0.39, 0.29) is 22.2 Å². The highest BCUT2D eigenvalue weighted by Gasteiger charge is 2.12. The molecule has 1 amide bonds. The third-order valence-electron chi connectivity index (χ3n) is 4.13. The van der Waals surface area contributed by atoms with E-state index < -0.39 is 0 Å². The van der Waals surface area contributed by atoms with Crippen molar-refractivity contribution >= 4 is 17.7 Å². The number of rotatable bonds is 8. The summed E-state index contributed by atoms with van der Waals surface area (Å²) in [6.07, 6.45) is 3.10. The van der Waals surface area contributed by atoms with Crippen LogP contribution in [0.4, 0.5) is 0 Å². The van der Waals surface area contributed by atoms with Gasteiger partial charge in [0.1, 0.15) is 0 Å². The van der Waals surface area contributed by atoms with E-state index in [1.165, 1.54) is 17.9 Å². The SMILES string of the molecule is COc1ccc(-n2ccnc(SCC(=O)NCc3ccccc3)c2=O)cc1OC. The standard InChI is InChI=1S/C21H21N3O4S/c1-27-17-9-8-16(12-18(17)28-2)24-11-10-22-20(21(24)26)29-14-19(25)23-13-15-6-4-3-5-7-15/h3-12H,13-14H2,1-2H3,(H,23,25). The molecule has 29 heavy (non-hydrogen) atoms.